The molecule has 31 heavy (non-hydrogen) atoms. The predicted molar refractivity (Wildman–Crippen MR) is 115 cm³/mol. The Hall–Kier alpha value is -3.46. The van der Waals surface area contributed by atoms with Gasteiger partial charge in [0.25, 0.3) is 5.91 Å². The van der Waals surface area contributed by atoms with E-state index in [4.69, 9.17) is 9.47 Å². The number of aromatic nitrogens is 2. The Kier molecular flexibility index (Phi) is 6.13. The van der Waals surface area contributed by atoms with Crippen LogP contribution in [0.1, 0.15) is 44.0 Å². The summed E-state index contributed by atoms with van der Waals surface area (Å²) in [5.41, 5.74) is 2.52. The highest BCUT2D eigenvalue weighted by molar-refractivity contribution is 7.17. The maximum atomic E-state index is 12.4. The first-order valence-electron chi connectivity index (χ1n) is 9.86. The molecule has 2 heterocycles. The van der Waals surface area contributed by atoms with Crippen LogP contribution in [-0.4, -0.2) is 41.5 Å². The molecule has 8 nitrogen and oxygen atoms in total. The number of anilines is 1. The van der Waals surface area contributed by atoms with Gasteiger partial charge in [-0.05, 0) is 43.4 Å². The number of thiophene rings is 1. The van der Waals surface area contributed by atoms with Crippen molar-refractivity contribution >= 4 is 34.2 Å². The molecule has 0 aliphatic heterocycles. The van der Waals surface area contributed by atoms with Gasteiger partial charge in [0.15, 0.2) is 6.61 Å². The Bertz CT molecular complexity index is 1100. The minimum atomic E-state index is -0.611. The van der Waals surface area contributed by atoms with Crippen LogP contribution < -0.4 is 5.32 Å². The van der Waals surface area contributed by atoms with Crippen LogP contribution in [0.5, 0.6) is 0 Å². The van der Waals surface area contributed by atoms with E-state index < -0.39 is 24.5 Å². The Labute approximate surface area is 182 Å². The van der Waals surface area contributed by atoms with E-state index in [0.717, 1.165) is 41.7 Å². The number of benzene rings is 1. The summed E-state index contributed by atoms with van der Waals surface area (Å²) < 4.78 is 10.0. The van der Waals surface area contributed by atoms with Gasteiger partial charge in [-0.2, -0.15) is 0 Å². The van der Waals surface area contributed by atoms with E-state index >= 15 is 0 Å². The molecule has 0 bridgehead atoms. The molecule has 0 unspecified atom stereocenters. The second-order valence-electron chi connectivity index (χ2n) is 7.05. The number of aryl methyl sites for hydroxylation is 1. The van der Waals surface area contributed by atoms with Crippen molar-refractivity contribution in [2.75, 3.05) is 19.0 Å². The lowest BCUT2D eigenvalue weighted by molar-refractivity contribution is -0.119. The summed E-state index contributed by atoms with van der Waals surface area (Å²) in [6.07, 6.45) is 7.07. The summed E-state index contributed by atoms with van der Waals surface area (Å²) in [4.78, 5) is 45.2. The molecule has 0 saturated carbocycles. The normalized spacial score (nSPS) is 12.7. The van der Waals surface area contributed by atoms with E-state index in [1.807, 2.05) is 0 Å². The molecule has 3 aromatic rings. The van der Waals surface area contributed by atoms with Crippen molar-refractivity contribution in [2.45, 2.75) is 25.7 Å². The number of rotatable bonds is 6. The summed E-state index contributed by atoms with van der Waals surface area (Å²) in [5.74, 6) is -0.896. The summed E-state index contributed by atoms with van der Waals surface area (Å²) in [6.45, 7) is -0.456. The number of H-pyrrole nitrogens is 1. The maximum absolute atomic E-state index is 12.4. The van der Waals surface area contributed by atoms with Crippen LogP contribution in [0.25, 0.3) is 11.4 Å². The Morgan fingerprint density at radius 1 is 1.13 bits per heavy atom. The molecule has 0 radical (unpaired) electrons. The number of aromatic amines is 1. The number of fused-ring (bicyclic) bond motifs is 1. The van der Waals surface area contributed by atoms with Crippen molar-refractivity contribution < 1.29 is 23.9 Å². The van der Waals surface area contributed by atoms with Crippen molar-refractivity contribution in [3.63, 3.8) is 0 Å². The van der Waals surface area contributed by atoms with Crippen LogP contribution >= 0.6 is 11.3 Å². The fraction of sp³-hybridized carbons (Fsp3) is 0.273. The lowest BCUT2D eigenvalue weighted by Gasteiger charge is -2.11. The molecule has 0 atom stereocenters. The standard InChI is InChI=1S/C22H21N3O5S/c1-29-22(28)18-15-4-2-3-5-16(15)31-20(18)25-17(26)12-30-21(27)14-8-6-13(7-9-14)19-23-10-11-24-19/h6-11H,2-5,12H2,1H3,(H,23,24)(H,25,26). The molecule has 1 aliphatic rings. The molecule has 0 fully saturated rings. The molecule has 0 saturated heterocycles. The zero-order valence-corrected chi connectivity index (χ0v) is 17.7. The van der Waals surface area contributed by atoms with Crippen molar-refractivity contribution in [1.29, 1.82) is 0 Å². The first-order chi connectivity index (χ1) is 15.1. The molecule has 2 N–H and O–H groups in total. The zero-order chi connectivity index (χ0) is 21.8. The summed E-state index contributed by atoms with van der Waals surface area (Å²) in [7, 11) is 1.32. The number of carbonyl (C=O) groups is 3. The third kappa shape index (κ3) is 4.51. The van der Waals surface area contributed by atoms with E-state index in [9.17, 15) is 14.4 Å². The van der Waals surface area contributed by atoms with Crippen LogP contribution in [-0.2, 0) is 27.1 Å². The molecular weight excluding hydrogens is 418 g/mol. The van der Waals surface area contributed by atoms with Crippen LogP contribution in [0.15, 0.2) is 36.7 Å². The first-order valence-corrected chi connectivity index (χ1v) is 10.7. The van der Waals surface area contributed by atoms with Crippen molar-refractivity contribution in [2.24, 2.45) is 0 Å². The van der Waals surface area contributed by atoms with Gasteiger partial charge in [-0.25, -0.2) is 14.6 Å². The summed E-state index contributed by atoms with van der Waals surface area (Å²) >= 11 is 1.38. The number of imidazole rings is 1. The van der Waals surface area contributed by atoms with Gasteiger partial charge in [-0.15, -0.1) is 11.3 Å². The number of carbonyl (C=O) groups excluding carboxylic acids is 3. The van der Waals surface area contributed by atoms with Gasteiger partial charge in [-0.3, -0.25) is 4.79 Å². The number of nitrogens with zero attached hydrogens (tertiary/aromatic N) is 1. The number of nitrogens with one attached hydrogen (secondary N) is 2. The molecule has 1 aliphatic carbocycles. The molecular formula is C22H21N3O5S. The minimum Gasteiger partial charge on any atom is -0.465 e. The summed E-state index contributed by atoms with van der Waals surface area (Å²) in [6, 6.07) is 6.71. The number of hydrogen-bond acceptors (Lipinski definition) is 7. The van der Waals surface area contributed by atoms with Crippen LogP contribution in [0, 0.1) is 0 Å². The van der Waals surface area contributed by atoms with E-state index in [0.29, 0.717) is 22.0 Å². The van der Waals surface area contributed by atoms with Gasteiger partial charge < -0.3 is 19.8 Å². The molecule has 0 spiro atoms. The molecule has 1 aromatic carbocycles. The largest absolute Gasteiger partial charge is 0.465 e. The van der Waals surface area contributed by atoms with Gasteiger partial charge in [0.1, 0.15) is 10.8 Å². The van der Waals surface area contributed by atoms with E-state index in [2.05, 4.69) is 15.3 Å². The molecule has 9 heteroatoms. The first kappa shape index (κ1) is 20.8. The SMILES string of the molecule is COC(=O)c1c(NC(=O)COC(=O)c2ccc(-c3ncc[nH]3)cc2)sc2c1CCCC2. The number of amides is 1. The van der Waals surface area contributed by atoms with Crippen molar-refractivity contribution in [3.05, 3.63) is 58.2 Å². The third-order valence-corrected chi connectivity index (χ3v) is 6.25. The Morgan fingerprint density at radius 3 is 2.61 bits per heavy atom. The van der Waals surface area contributed by atoms with Gasteiger partial charge in [-0.1, -0.05) is 12.1 Å². The monoisotopic (exact) mass is 439 g/mol. The topological polar surface area (TPSA) is 110 Å². The second kappa shape index (κ2) is 9.13. The van der Waals surface area contributed by atoms with Crippen LogP contribution in [0.3, 0.4) is 0 Å². The molecule has 160 valence electrons. The van der Waals surface area contributed by atoms with E-state index in [1.54, 1.807) is 36.7 Å². The zero-order valence-electron chi connectivity index (χ0n) is 16.9. The van der Waals surface area contributed by atoms with Gasteiger partial charge >= 0.3 is 11.9 Å². The molecule has 1 amide bonds. The Balaban J connectivity index is 1.39. The third-order valence-electron chi connectivity index (χ3n) is 5.04. The average Bonchev–Trinajstić information content (AvgIpc) is 3.45. The quantitative estimate of drug-likeness (QED) is 0.568. The number of hydrogen-bond donors (Lipinski definition) is 2. The lowest BCUT2D eigenvalue weighted by atomic mass is 9.95. The number of esters is 2. The van der Waals surface area contributed by atoms with Crippen LogP contribution in [0.2, 0.25) is 0 Å². The van der Waals surface area contributed by atoms with Gasteiger partial charge in [0.2, 0.25) is 0 Å². The van der Waals surface area contributed by atoms with Crippen molar-refractivity contribution in [1.82, 2.24) is 9.97 Å². The predicted octanol–water partition coefficient (Wildman–Crippen LogP) is 3.60. The van der Waals surface area contributed by atoms with Gasteiger partial charge in [0, 0.05) is 22.8 Å². The van der Waals surface area contributed by atoms with E-state index in [-0.39, 0.29) is 0 Å². The molecule has 4 rings (SSSR count). The second-order valence-corrected chi connectivity index (χ2v) is 8.15. The fourth-order valence-electron chi connectivity index (χ4n) is 3.54. The van der Waals surface area contributed by atoms with Crippen LogP contribution in [0.4, 0.5) is 5.00 Å². The minimum absolute atomic E-state index is 0.324. The van der Waals surface area contributed by atoms with E-state index in [1.165, 1.54) is 18.4 Å². The maximum Gasteiger partial charge on any atom is 0.341 e. The number of methoxy groups -OCH3 is 1. The average molecular weight is 439 g/mol. The highest BCUT2D eigenvalue weighted by Crippen LogP contribution is 2.38. The summed E-state index contributed by atoms with van der Waals surface area (Å²) in [5, 5.41) is 3.15. The Morgan fingerprint density at radius 2 is 1.90 bits per heavy atom. The highest BCUT2D eigenvalue weighted by Gasteiger charge is 2.27. The highest BCUT2D eigenvalue weighted by atomic mass is 32.1. The van der Waals surface area contributed by atoms with Gasteiger partial charge in [0.05, 0.1) is 18.2 Å². The smallest absolute Gasteiger partial charge is 0.341 e. The fourth-order valence-corrected chi connectivity index (χ4v) is 4.83. The number of ether oxygens (including phenoxy) is 2. The lowest BCUT2D eigenvalue weighted by Crippen LogP contribution is -2.21. The van der Waals surface area contributed by atoms with Crippen molar-refractivity contribution in [3.8, 4) is 11.4 Å². The molecule has 2 aromatic heterocycles.